The fraction of sp³-hybridized carbons (Fsp3) is 0.308. The molecule has 1 atom stereocenters. The topological polar surface area (TPSA) is 118 Å². The zero-order valence-electron chi connectivity index (χ0n) is 18.2. The van der Waals surface area contributed by atoms with Gasteiger partial charge in [-0.2, -0.15) is 0 Å². The van der Waals surface area contributed by atoms with E-state index in [9.17, 15) is 20.1 Å². The van der Waals surface area contributed by atoms with Crippen LogP contribution in [0.2, 0.25) is 0 Å². The highest BCUT2D eigenvalue weighted by atomic mass is 16.3. The number of aliphatic hydroxyl groups excluding tert-OH is 1. The van der Waals surface area contributed by atoms with Gasteiger partial charge in [0.2, 0.25) is 5.75 Å². The molecule has 2 aromatic carbocycles. The molecule has 1 saturated heterocycles. The zero-order chi connectivity index (χ0) is 23.3. The Balaban J connectivity index is 1.44. The monoisotopic (exact) mass is 445 g/mol. The van der Waals surface area contributed by atoms with Crippen molar-refractivity contribution >= 4 is 0 Å². The third kappa shape index (κ3) is 5.32. The summed E-state index contributed by atoms with van der Waals surface area (Å²) in [5.74, 6) is 5.56. The van der Waals surface area contributed by atoms with Crippen molar-refractivity contribution in [3.05, 3.63) is 93.2 Å². The molecule has 1 aliphatic heterocycles. The van der Waals surface area contributed by atoms with Crippen LogP contribution in [0, 0.1) is 11.8 Å². The van der Waals surface area contributed by atoms with E-state index in [0.717, 1.165) is 35.3 Å². The lowest BCUT2D eigenvalue weighted by atomic mass is 9.85. The summed E-state index contributed by atoms with van der Waals surface area (Å²) in [7, 11) is 0. The van der Waals surface area contributed by atoms with E-state index in [1.54, 1.807) is 0 Å². The molecule has 0 aliphatic carbocycles. The largest absolute Gasteiger partial charge is 0.502 e. The highest BCUT2D eigenvalue weighted by Crippen LogP contribution is 2.30. The maximum absolute atomic E-state index is 11.6. The normalized spacial score (nSPS) is 15.9. The first-order chi connectivity index (χ1) is 16.0. The Morgan fingerprint density at radius 3 is 2.21 bits per heavy atom. The minimum atomic E-state index is -0.768. The lowest BCUT2D eigenvalue weighted by Crippen LogP contribution is -2.39. The third-order valence-corrected chi connectivity index (χ3v) is 6.15. The summed E-state index contributed by atoms with van der Waals surface area (Å²) in [5, 5.41) is 33.8. The third-order valence-electron chi connectivity index (χ3n) is 6.15. The number of nitrogens with zero attached hydrogens (tertiary/aromatic N) is 1. The van der Waals surface area contributed by atoms with Crippen LogP contribution < -0.4 is 10.9 Å². The molecule has 0 saturated carbocycles. The van der Waals surface area contributed by atoms with Crippen molar-refractivity contribution in [2.24, 2.45) is 0 Å². The van der Waals surface area contributed by atoms with Gasteiger partial charge in [0.15, 0.2) is 0 Å². The Labute approximate surface area is 192 Å². The van der Waals surface area contributed by atoms with Gasteiger partial charge < -0.3 is 25.6 Å². The van der Waals surface area contributed by atoms with Crippen LogP contribution in [0.3, 0.4) is 0 Å². The fourth-order valence-electron chi connectivity index (χ4n) is 4.08. The van der Waals surface area contributed by atoms with Gasteiger partial charge in [-0.15, -0.1) is 0 Å². The molecule has 7 nitrogen and oxygen atoms in total. The second kappa shape index (κ2) is 10.0. The smallest absolute Gasteiger partial charge is 0.293 e. The van der Waals surface area contributed by atoms with E-state index in [-0.39, 0.29) is 24.6 Å². The van der Waals surface area contributed by atoms with Crippen molar-refractivity contribution in [1.29, 1.82) is 0 Å². The highest BCUT2D eigenvalue weighted by molar-refractivity contribution is 5.45. The summed E-state index contributed by atoms with van der Waals surface area (Å²) in [6.07, 6.45) is 2.89. The van der Waals surface area contributed by atoms with Gasteiger partial charge in [-0.25, -0.2) is 4.98 Å². The summed E-state index contributed by atoms with van der Waals surface area (Å²) < 4.78 is 0. The fourth-order valence-corrected chi connectivity index (χ4v) is 4.08. The maximum atomic E-state index is 11.6. The number of aromatic amines is 1. The number of hydrogen-bond acceptors (Lipinski definition) is 6. The molecule has 33 heavy (non-hydrogen) atoms. The van der Waals surface area contributed by atoms with Crippen LogP contribution in [-0.2, 0) is 12.0 Å². The van der Waals surface area contributed by atoms with Gasteiger partial charge in [0.25, 0.3) is 5.56 Å². The van der Waals surface area contributed by atoms with E-state index in [1.165, 1.54) is 6.33 Å². The van der Waals surface area contributed by atoms with Crippen LogP contribution in [0.25, 0.3) is 0 Å². The van der Waals surface area contributed by atoms with Gasteiger partial charge in [-0.1, -0.05) is 36.1 Å². The molecule has 7 heteroatoms. The second-order valence-electron chi connectivity index (χ2n) is 8.34. The van der Waals surface area contributed by atoms with E-state index in [0.29, 0.717) is 12.8 Å². The van der Waals surface area contributed by atoms with Gasteiger partial charge in [0, 0.05) is 23.5 Å². The average Bonchev–Trinajstić information content (AvgIpc) is 2.85. The number of aromatic nitrogens is 2. The van der Waals surface area contributed by atoms with Crippen LogP contribution in [0.15, 0.2) is 59.7 Å². The SMILES string of the molecule is O=c1[nH]cnc(C[C@@H](CO)c2ccc(C#Cc3ccc(C4(O)CCNCC4)cc3)cc2)c1O. The van der Waals surface area contributed by atoms with Crippen LogP contribution in [-0.4, -0.2) is 45.0 Å². The molecule has 5 N–H and O–H groups in total. The Hall–Kier alpha value is -3.44. The van der Waals surface area contributed by atoms with Crippen molar-refractivity contribution in [2.75, 3.05) is 19.7 Å². The second-order valence-corrected chi connectivity index (χ2v) is 8.34. The molecule has 0 radical (unpaired) electrons. The van der Waals surface area contributed by atoms with E-state index < -0.39 is 16.9 Å². The molecular formula is C26H27N3O4. The molecule has 1 aliphatic rings. The lowest BCUT2D eigenvalue weighted by Gasteiger charge is -2.33. The van der Waals surface area contributed by atoms with Gasteiger partial charge in [-0.05, 0) is 61.3 Å². The first-order valence-corrected chi connectivity index (χ1v) is 11.0. The number of piperidine rings is 1. The maximum Gasteiger partial charge on any atom is 0.293 e. The molecular weight excluding hydrogens is 418 g/mol. The molecule has 0 unspecified atom stereocenters. The van der Waals surface area contributed by atoms with Crippen molar-refractivity contribution < 1.29 is 15.3 Å². The zero-order valence-corrected chi connectivity index (χ0v) is 18.2. The summed E-state index contributed by atoms with van der Waals surface area (Å²) in [6.45, 7) is 1.48. The van der Waals surface area contributed by atoms with Gasteiger partial charge in [-0.3, -0.25) is 4.79 Å². The summed E-state index contributed by atoms with van der Waals surface area (Å²) >= 11 is 0. The summed E-state index contributed by atoms with van der Waals surface area (Å²) in [4.78, 5) is 17.9. The van der Waals surface area contributed by atoms with E-state index in [1.807, 2.05) is 48.5 Å². The van der Waals surface area contributed by atoms with Crippen LogP contribution in [0.4, 0.5) is 0 Å². The number of H-pyrrole nitrogens is 1. The van der Waals surface area contributed by atoms with Crippen molar-refractivity contribution in [2.45, 2.75) is 30.8 Å². The molecule has 3 aromatic rings. The number of nitrogens with one attached hydrogen (secondary N) is 2. The number of aliphatic hydroxyl groups is 2. The molecule has 0 bridgehead atoms. The predicted molar refractivity (Wildman–Crippen MR) is 125 cm³/mol. The van der Waals surface area contributed by atoms with Gasteiger partial charge in [0.05, 0.1) is 24.2 Å². The van der Waals surface area contributed by atoms with Crippen molar-refractivity contribution in [3.8, 4) is 17.6 Å². The standard InChI is InChI=1S/C26H27N3O4/c30-16-21(15-23-24(31)25(32)29-17-28-23)20-7-3-18(4-8-20)1-2-19-5-9-22(10-6-19)26(33)11-13-27-14-12-26/h3-10,17,21,27,30-31,33H,11-16H2,(H,28,29,32)/t21-/m0/s1. The first kappa shape index (κ1) is 22.7. The molecule has 0 spiro atoms. The summed E-state index contributed by atoms with van der Waals surface area (Å²) in [6, 6.07) is 15.3. The van der Waals surface area contributed by atoms with Gasteiger partial charge >= 0.3 is 0 Å². The highest BCUT2D eigenvalue weighted by Gasteiger charge is 2.30. The van der Waals surface area contributed by atoms with E-state index >= 15 is 0 Å². The molecule has 1 fully saturated rings. The Bertz CT molecular complexity index is 1200. The average molecular weight is 446 g/mol. The quantitative estimate of drug-likeness (QED) is 0.382. The minimum absolute atomic E-state index is 0.145. The van der Waals surface area contributed by atoms with E-state index in [4.69, 9.17) is 0 Å². The number of benzene rings is 2. The first-order valence-electron chi connectivity index (χ1n) is 11.0. The summed E-state index contributed by atoms with van der Waals surface area (Å²) in [5.41, 5.74) is 2.37. The number of hydrogen-bond donors (Lipinski definition) is 5. The van der Waals surface area contributed by atoms with Crippen molar-refractivity contribution in [3.63, 3.8) is 0 Å². The minimum Gasteiger partial charge on any atom is -0.502 e. The molecule has 0 amide bonds. The lowest BCUT2D eigenvalue weighted by molar-refractivity contribution is 0.00594. The Morgan fingerprint density at radius 1 is 1.00 bits per heavy atom. The Kier molecular flexibility index (Phi) is 6.90. The molecule has 2 heterocycles. The van der Waals surface area contributed by atoms with E-state index in [2.05, 4.69) is 27.1 Å². The van der Waals surface area contributed by atoms with Crippen LogP contribution in [0.1, 0.15) is 46.7 Å². The van der Waals surface area contributed by atoms with Crippen molar-refractivity contribution in [1.82, 2.24) is 15.3 Å². The van der Waals surface area contributed by atoms with Gasteiger partial charge in [0.1, 0.15) is 0 Å². The Morgan fingerprint density at radius 2 is 1.61 bits per heavy atom. The van der Waals surface area contributed by atoms with Crippen LogP contribution >= 0.6 is 0 Å². The molecule has 1 aromatic heterocycles. The number of aromatic hydroxyl groups is 1. The molecule has 4 rings (SSSR count). The molecule has 170 valence electrons. The predicted octanol–water partition coefficient (Wildman–Crippen LogP) is 1.76. The van der Waals surface area contributed by atoms with Crippen LogP contribution in [0.5, 0.6) is 5.75 Å². The number of rotatable bonds is 5.